The molecule has 1 N–H and O–H groups in total. The highest BCUT2D eigenvalue weighted by atomic mass is 16.5. The Kier molecular flexibility index (Phi) is 7.69. The number of methoxy groups -OCH3 is 1. The van der Waals surface area contributed by atoms with Crippen molar-refractivity contribution in [3.8, 4) is 5.75 Å². The summed E-state index contributed by atoms with van der Waals surface area (Å²) in [5.41, 5.74) is 1.12. The first-order valence-electron chi connectivity index (χ1n) is 6.82. The molecule has 112 valence electrons. The summed E-state index contributed by atoms with van der Waals surface area (Å²) in [5, 5.41) is 3.27. The maximum absolute atomic E-state index is 11.7. The van der Waals surface area contributed by atoms with Crippen LogP contribution in [0.25, 0.3) is 0 Å². The number of hydrogen-bond acceptors (Lipinski definition) is 4. The molecule has 1 aromatic carbocycles. The molecule has 0 heterocycles. The van der Waals surface area contributed by atoms with Gasteiger partial charge in [-0.2, -0.15) is 0 Å². The number of nitrogens with zero attached hydrogens (tertiary/aromatic N) is 1. The zero-order valence-electron chi connectivity index (χ0n) is 12.5. The third kappa shape index (κ3) is 6.04. The van der Waals surface area contributed by atoms with Gasteiger partial charge in [-0.25, -0.2) is 0 Å². The Labute approximate surface area is 120 Å². The van der Waals surface area contributed by atoms with E-state index in [-0.39, 0.29) is 12.5 Å². The Bertz CT molecular complexity index is 410. The van der Waals surface area contributed by atoms with Crippen LogP contribution in [0.5, 0.6) is 5.75 Å². The van der Waals surface area contributed by atoms with Gasteiger partial charge in [0.05, 0.1) is 6.61 Å². The highest BCUT2D eigenvalue weighted by Crippen LogP contribution is 2.13. The Hall–Kier alpha value is -1.59. The Balaban J connectivity index is 2.41. The molecule has 1 rings (SSSR count). The quantitative estimate of drug-likeness (QED) is 0.692. The smallest absolute Gasteiger partial charge is 0.260 e. The first kappa shape index (κ1) is 16.5. The number of amides is 1. The van der Waals surface area contributed by atoms with Gasteiger partial charge in [0.1, 0.15) is 5.75 Å². The summed E-state index contributed by atoms with van der Waals surface area (Å²) >= 11 is 0. The van der Waals surface area contributed by atoms with Crippen molar-refractivity contribution >= 4 is 5.91 Å². The summed E-state index contributed by atoms with van der Waals surface area (Å²) in [6.45, 7) is 4.94. The minimum Gasteiger partial charge on any atom is -0.484 e. The molecular weight excluding hydrogens is 256 g/mol. The molecule has 0 bridgehead atoms. The second kappa shape index (κ2) is 9.34. The van der Waals surface area contributed by atoms with Crippen molar-refractivity contribution in [1.82, 2.24) is 10.2 Å². The van der Waals surface area contributed by atoms with Crippen molar-refractivity contribution in [2.45, 2.75) is 13.5 Å². The first-order chi connectivity index (χ1) is 9.67. The number of likely N-dealkylation sites (N-methyl/N-ethyl adjacent to an activating group) is 1. The maximum Gasteiger partial charge on any atom is 0.260 e. The molecule has 0 aromatic heterocycles. The van der Waals surface area contributed by atoms with E-state index in [0.29, 0.717) is 18.9 Å². The van der Waals surface area contributed by atoms with Gasteiger partial charge in [0.25, 0.3) is 5.91 Å². The summed E-state index contributed by atoms with van der Waals surface area (Å²) in [7, 11) is 3.45. The SMILES string of the molecule is CCN(C)C(=O)COc1cccc(CNCCOC)c1. The number of rotatable bonds is 9. The summed E-state index contributed by atoms with van der Waals surface area (Å²) in [5.74, 6) is 0.699. The number of hydrogen-bond donors (Lipinski definition) is 1. The van der Waals surface area contributed by atoms with Crippen molar-refractivity contribution in [3.05, 3.63) is 29.8 Å². The van der Waals surface area contributed by atoms with Gasteiger partial charge in [0, 0.05) is 33.8 Å². The fraction of sp³-hybridized carbons (Fsp3) is 0.533. The number of carbonyl (C=O) groups is 1. The molecule has 5 heteroatoms. The fourth-order valence-corrected chi connectivity index (χ4v) is 1.58. The largest absolute Gasteiger partial charge is 0.484 e. The molecule has 1 amide bonds. The van der Waals surface area contributed by atoms with Crippen LogP contribution in [0.2, 0.25) is 0 Å². The second-order valence-corrected chi connectivity index (χ2v) is 4.51. The van der Waals surface area contributed by atoms with Crippen molar-refractivity contribution in [1.29, 1.82) is 0 Å². The lowest BCUT2D eigenvalue weighted by atomic mass is 10.2. The molecule has 0 atom stereocenters. The topological polar surface area (TPSA) is 50.8 Å². The number of carbonyl (C=O) groups excluding carboxylic acids is 1. The number of benzene rings is 1. The predicted octanol–water partition coefficient (Wildman–Crippen LogP) is 1.28. The minimum atomic E-state index is -0.0175. The second-order valence-electron chi connectivity index (χ2n) is 4.51. The minimum absolute atomic E-state index is 0.0175. The zero-order valence-corrected chi connectivity index (χ0v) is 12.5. The lowest BCUT2D eigenvalue weighted by Crippen LogP contribution is -2.31. The monoisotopic (exact) mass is 280 g/mol. The van der Waals surface area contributed by atoms with E-state index < -0.39 is 0 Å². The lowest BCUT2D eigenvalue weighted by molar-refractivity contribution is -0.131. The van der Waals surface area contributed by atoms with Crippen molar-refractivity contribution in [3.63, 3.8) is 0 Å². The molecule has 0 saturated heterocycles. The summed E-state index contributed by atoms with van der Waals surface area (Å²) in [6.07, 6.45) is 0. The Morgan fingerprint density at radius 2 is 2.20 bits per heavy atom. The third-order valence-corrected chi connectivity index (χ3v) is 2.97. The Morgan fingerprint density at radius 3 is 2.90 bits per heavy atom. The average Bonchev–Trinajstić information content (AvgIpc) is 2.48. The van der Waals surface area contributed by atoms with Gasteiger partial charge in [0.2, 0.25) is 0 Å². The average molecular weight is 280 g/mol. The molecule has 0 spiro atoms. The Morgan fingerprint density at radius 1 is 1.40 bits per heavy atom. The normalized spacial score (nSPS) is 10.3. The molecule has 1 aromatic rings. The van der Waals surface area contributed by atoms with Crippen LogP contribution in [0, 0.1) is 0 Å². The summed E-state index contributed by atoms with van der Waals surface area (Å²) in [4.78, 5) is 13.3. The van der Waals surface area contributed by atoms with Crippen molar-refractivity contribution in [2.75, 3.05) is 40.5 Å². The van der Waals surface area contributed by atoms with Crippen LogP contribution < -0.4 is 10.1 Å². The maximum atomic E-state index is 11.7. The predicted molar refractivity (Wildman–Crippen MR) is 78.8 cm³/mol. The summed E-state index contributed by atoms with van der Waals surface area (Å²) in [6, 6.07) is 7.75. The standard InChI is InChI=1S/C15H24N2O3/c1-4-17(2)15(18)12-20-14-7-5-6-13(10-14)11-16-8-9-19-3/h5-7,10,16H,4,8-9,11-12H2,1-3H3. The van der Waals surface area contributed by atoms with Gasteiger partial charge in [0.15, 0.2) is 6.61 Å². The van der Waals surface area contributed by atoms with Gasteiger partial charge < -0.3 is 19.7 Å². The third-order valence-electron chi connectivity index (χ3n) is 2.97. The van der Waals surface area contributed by atoms with E-state index in [1.165, 1.54) is 0 Å². The van der Waals surface area contributed by atoms with E-state index in [2.05, 4.69) is 5.32 Å². The first-order valence-corrected chi connectivity index (χ1v) is 6.82. The van der Waals surface area contributed by atoms with E-state index >= 15 is 0 Å². The van der Waals surface area contributed by atoms with Crippen molar-refractivity contribution < 1.29 is 14.3 Å². The number of ether oxygens (including phenoxy) is 2. The molecule has 5 nitrogen and oxygen atoms in total. The van der Waals surface area contributed by atoms with Gasteiger partial charge in [-0.05, 0) is 24.6 Å². The van der Waals surface area contributed by atoms with Gasteiger partial charge in [-0.3, -0.25) is 4.79 Å². The highest BCUT2D eigenvalue weighted by Gasteiger charge is 2.07. The zero-order chi connectivity index (χ0) is 14.8. The molecule has 20 heavy (non-hydrogen) atoms. The molecule has 0 saturated carbocycles. The van der Waals surface area contributed by atoms with Crippen LogP contribution in [0.3, 0.4) is 0 Å². The molecular formula is C15H24N2O3. The molecule has 0 unspecified atom stereocenters. The molecule has 0 aliphatic heterocycles. The van der Waals surface area contributed by atoms with Crippen LogP contribution in [0.1, 0.15) is 12.5 Å². The van der Waals surface area contributed by atoms with E-state index in [4.69, 9.17) is 9.47 Å². The van der Waals surface area contributed by atoms with Crippen LogP contribution >= 0.6 is 0 Å². The van der Waals surface area contributed by atoms with Gasteiger partial charge in [-0.1, -0.05) is 12.1 Å². The number of nitrogens with one attached hydrogen (secondary N) is 1. The van der Waals surface area contributed by atoms with E-state index in [1.807, 2.05) is 31.2 Å². The summed E-state index contributed by atoms with van der Waals surface area (Å²) < 4.78 is 10.5. The molecule has 0 radical (unpaired) electrons. The molecule has 0 aliphatic rings. The van der Waals surface area contributed by atoms with Crippen LogP contribution in [0.4, 0.5) is 0 Å². The van der Waals surface area contributed by atoms with E-state index in [9.17, 15) is 4.79 Å². The fourth-order valence-electron chi connectivity index (χ4n) is 1.58. The highest BCUT2D eigenvalue weighted by molar-refractivity contribution is 5.77. The van der Waals surface area contributed by atoms with Gasteiger partial charge in [-0.15, -0.1) is 0 Å². The van der Waals surface area contributed by atoms with E-state index in [0.717, 1.165) is 18.7 Å². The molecule has 0 fully saturated rings. The van der Waals surface area contributed by atoms with E-state index in [1.54, 1.807) is 19.1 Å². The molecule has 0 aliphatic carbocycles. The lowest BCUT2D eigenvalue weighted by Gasteiger charge is -2.15. The van der Waals surface area contributed by atoms with Crippen molar-refractivity contribution in [2.24, 2.45) is 0 Å². The van der Waals surface area contributed by atoms with Crippen LogP contribution in [0.15, 0.2) is 24.3 Å². The van der Waals surface area contributed by atoms with Crippen LogP contribution in [-0.2, 0) is 16.1 Å². The van der Waals surface area contributed by atoms with Crippen LogP contribution in [-0.4, -0.2) is 51.3 Å². The van der Waals surface area contributed by atoms with Gasteiger partial charge >= 0.3 is 0 Å².